The monoisotopic (exact) mass is 361 g/mol. The lowest BCUT2D eigenvalue weighted by Crippen LogP contribution is -2.31. The molecule has 0 heterocycles. The molecule has 0 fully saturated rings. The highest BCUT2D eigenvalue weighted by molar-refractivity contribution is 9.10. The van der Waals surface area contributed by atoms with Crippen molar-refractivity contribution in [1.82, 2.24) is 5.32 Å². The molecule has 0 saturated carbocycles. The van der Waals surface area contributed by atoms with Crippen LogP contribution in [0.3, 0.4) is 0 Å². The maximum atomic E-state index is 12.0. The Hall–Kier alpha value is -1.81. The quantitative estimate of drug-likeness (QED) is 0.860. The Balaban J connectivity index is 1.87. The third kappa shape index (κ3) is 4.60. The molecule has 4 heteroatoms. The number of carbonyl (C=O) groups is 1. The number of nitrogens with one attached hydrogen (secondary N) is 1. The van der Waals surface area contributed by atoms with Crippen molar-refractivity contribution in [3.8, 4) is 5.75 Å². The predicted molar refractivity (Wildman–Crippen MR) is 92.1 cm³/mol. The molecular weight excluding hydrogens is 342 g/mol. The molecule has 2 aromatic carbocycles. The van der Waals surface area contributed by atoms with E-state index in [0.29, 0.717) is 0 Å². The number of ether oxygens (including phenoxy) is 1. The average molecular weight is 362 g/mol. The highest BCUT2D eigenvalue weighted by Crippen LogP contribution is 2.18. The number of carbonyl (C=O) groups excluding carboxylic acids is 1. The van der Waals surface area contributed by atoms with Gasteiger partial charge in [-0.05, 0) is 61.7 Å². The molecule has 1 amide bonds. The van der Waals surface area contributed by atoms with Gasteiger partial charge < -0.3 is 10.1 Å². The Bertz CT molecular complexity index is 653. The van der Waals surface area contributed by atoms with Gasteiger partial charge in [-0.15, -0.1) is 0 Å². The second-order valence-electron chi connectivity index (χ2n) is 5.38. The molecule has 0 aliphatic heterocycles. The summed E-state index contributed by atoms with van der Waals surface area (Å²) in [6, 6.07) is 13.7. The molecule has 0 spiro atoms. The first kappa shape index (κ1) is 16.6. The van der Waals surface area contributed by atoms with Gasteiger partial charge in [0.15, 0.2) is 6.61 Å². The minimum atomic E-state index is -0.131. The summed E-state index contributed by atoms with van der Waals surface area (Å²) in [5, 5.41) is 2.93. The van der Waals surface area contributed by atoms with Crippen molar-refractivity contribution in [2.24, 2.45) is 0 Å². The highest BCUT2D eigenvalue weighted by atomic mass is 79.9. The number of hydrogen-bond acceptors (Lipinski definition) is 2. The standard InChI is InChI=1S/C18H20BrNO2/c1-12-4-9-17(10-13(12)2)22-11-18(21)20-14(3)15-5-7-16(19)8-6-15/h4-10,14H,11H2,1-3H3,(H,20,21)/t14-/m0/s1. The van der Waals surface area contributed by atoms with Crippen LogP contribution >= 0.6 is 15.9 Å². The van der Waals surface area contributed by atoms with E-state index in [1.165, 1.54) is 5.56 Å². The van der Waals surface area contributed by atoms with Crippen LogP contribution in [0, 0.1) is 13.8 Å². The van der Waals surface area contributed by atoms with Crippen LogP contribution in [0.5, 0.6) is 5.75 Å². The molecule has 116 valence electrons. The van der Waals surface area contributed by atoms with E-state index in [2.05, 4.69) is 21.2 Å². The van der Waals surface area contributed by atoms with Crippen LogP contribution in [0.15, 0.2) is 46.9 Å². The van der Waals surface area contributed by atoms with E-state index in [1.54, 1.807) is 0 Å². The van der Waals surface area contributed by atoms with Gasteiger partial charge in [-0.2, -0.15) is 0 Å². The van der Waals surface area contributed by atoms with Crippen LogP contribution in [0.1, 0.15) is 29.7 Å². The average Bonchev–Trinajstić information content (AvgIpc) is 2.49. The Morgan fingerprint density at radius 1 is 1.14 bits per heavy atom. The number of amides is 1. The Labute approximate surface area is 139 Å². The van der Waals surface area contributed by atoms with Crippen molar-refractivity contribution in [1.29, 1.82) is 0 Å². The molecule has 2 aromatic rings. The van der Waals surface area contributed by atoms with Gasteiger partial charge in [-0.25, -0.2) is 0 Å². The molecule has 2 rings (SSSR count). The summed E-state index contributed by atoms with van der Waals surface area (Å²) in [6.45, 7) is 6.05. The summed E-state index contributed by atoms with van der Waals surface area (Å²) in [4.78, 5) is 12.0. The molecule has 1 N–H and O–H groups in total. The van der Waals surface area contributed by atoms with Gasteiger partial charge in [0, 0.05) is 4.47 Å². The van der Waals surface area contributed by atoms with E-state index >= 15 is 0 Å². The van der Waals surface area contributed by atoms with Crippen LogP contribution in [-0.4, -0.2) is 12.5 Å². The smallest absolute Gasteiger partial charge is 0.258 e. The molecule has 0 radical (unpaired) electrons. The number of benzene rings is 2. The third-order valence-electron chi connectivity index (χ3n) is 3.60. The minimum Gasteiger partial charge on any atom is -0.484 e. The van der Waals surface area contributed by atoms with Crippen molar-refractivity contribution in [3.63, 3.8) is 0 Å². The van der Waals surface area contributed by atoms with E-state index in [0.717, 1.165) is 21.3 Å². The van der Waals surface area contributed by atoms with Gasteiger partial charge in [-0.3, -0.25) is 4.79 Å². The van der Waals surface area contributed by atoms with Crippen LogP contribution in [-0.2, 0) is 4.79 Å². The topological polar surface area (TPSA) is 38.3 Å². The summed E-state index contributed by atoms with van der Waals surface area (Å²) >= 11 is 3.40. The Morgan fingerprint density at radius 2 is 1.82 bits per heavy atom. The van der Waals surface area contributed by atoms with Crippen LogP contribution < -0.4 is 10.1 Å². The van der Waals surface area contributed by atoms with Crippen molar-refractivity contribution < 1.29 is 9.53 Å². The second-order valence-corrected chi connectivity index (χ2v) is 6.29. The van der Waals surface area contributed by atoms with Gasteiger partial charge in [-0.1, -0.05) is 34.1 Å². The summed E-state index contributed by atoms with van der Waals surface area (Å²) in [5.41, 5.74) is 3.42. The van der Waals surface area contributed by atoms with E-state index in [-0.39, 0.29) is 18.6 Å². The van der Waals surface area contributed by atoms with E-state index in [4.69, 9.17) is 4.74 Å². The van der Waals surface area contributed by atoms with Crippen LogP contribution in [0.4, 0.5) is 0 Å². The lowest BCUT2D eigenvalue weighted by atomic mass is 10.1. The third-order valence-corrected chi connectivity index (χ3v) is 4.12. The van der Waals surface area contributed by atoms with E-state index in [1.807, 2.05) is 63.2 Å². The number of hydrogen-bond donors (Lipinski definition) is 1. The largest absolute Gasteiger partial charge is 0.484 e. The molecule has 0 bridgehead atoms. The summed E-state index contributed by atoms with van der Waals surface area (Å²) in [6.07, 6.45) is 0. The van der Waals surface area contributed by atoms with Crippen molar-refractivity contribution in [2.75, 3.05) is 6.61 Å². The van der Waals surface area contributed by atoms with E-state index in [9.17, 15) is 4.79 Å². The fourth-order valence-electron chi connectivity index (χ4n) is 2.07. The molecule has 3 nitrogen and oxygen atoms in total. The molecule has 0 aliphatic rings. The second kappa shape index (κ2) is 7.45. The zero-order chi connectivity index (χ0) is 16.1. The van der Waals surface area contributed by atoms with Crippen LogP contribution in [0.25, 0.3) is 0 Å². The van der Waals surface area contributed by atoms with Gasteiger partial charge in [0.2, 0.25) is 0 Å². The first-order valence-corrected chi connectivity index (χ1v) is 8.00. The van der Waals surface area contributed by atoms with Crippen molar-refractivity contribution in [2.45, 2.75) is 26.8 Å². The van der Waals surface area contributed by atoms with Crippen molar-refractivity contribution in [3.05, 3.63) is 63.6 Å². The fourth-order valence-corrected chi connectivity index (χ4v) is 2.33. The molecule has 0 aliphatic carbocycles. The first-order chi connectivity index (χ1) is 10.5. The number of aryl methyl sites for hydroxylation is 2. The zero-order valence-electron chi connectivity index (χ0n) is 13.0. The summed E-state index contributed by atoms with van der Waals surface area (Å²) in [5.74, 6) is 0.586. The molecule has 0 saturated heterocycles. The normalized spacial score (nSPS) is 11.8. The number of halogens is 1. The molecule has 22 heavy (non-hydrogen) atoms. The lowest BCUT2D eigenvalue weighted by molar-refractivity contribution is -0.123. The maximum absolute atomic E-state index is 12.0. The van der Waals surface area contributed by atoms with Gasteiger partial charge in [0.25, 0.3) is 5.91 Å². The summed E-state index contributed by atoms with van der Waals surface area (Å²) in [7, 11) is 0. The zero-order valence-corrected chi connectivity index (χ0v) is 14.6. The van der Waals surface area contributed by atoms with E-state index < -0.39 is 0 Å². The number of rotatable bonds is 5. The highest BCUT2D eigenvalue weighted by Gasteiger charge is 2.10. The first-order valence-electron chi connectivity index (χ1n) is 7.20. The lowest BCUT2D eigenvalue weighted by Gasteiger charge is -2.15. The van der Waals surface area contributed by atoms with Gasteiger partial charge in [0.1, 0.15) is 5.75 Å². The molecular formula is C18H20BrNO2. The van der Waals surface area contributed by atoms with Gasteiger partial charge >= 0.3 is 0 Å². The van der Waals surface area contributed by atoms with Gasteiger partial charge in [0.05, 0.1) is 6.04 Å². The maximum Gasteiger partial charge on any atom is 0.258 e. The molecule has 0 aromatic heterocycles. The molecule has 0 unspecified atom stereocenters. The summed E-state index contributed by atoms with van der Waals surface area (Å²) < 4.78 is 6.56. The van der Waals surface area contributed by atoms with Crippen LogP contribution in [0.2, 0.25) is 0 Å². The minimum absolute atomic E-state index is 0.0172. The SMILES string of the molecule is Cc1ccc(OCC(=O)N[C@@H](C)c2ccc(Br)cc2)cc1C. The fraction of sp³-hybridized carbons (Fsp3) is 0.278. The predicted octanol–water partition coefficient (Wildman–Crippen LogP) is 4.32. The molecule has 1 atom stereocenters. The van der Waals surface area contributed by atoms with Crippen molar-refractivity contribution >= 4 is 21.8 Å². The Morgan fingerprint density at radius 3 is 2.45 bits per heavy atom. The Kier molecular flexibility index (Phi) is 5.61.